The molecule has 1 aliphatic heterocycles. The lowest BCUT2D eigenvalue weighted by Gasteiger charge is -2.63. The highest BCUT2D eigenvalue weighted by atomic mass is 16.6. The number of fused-ring (bicyclic) bond motifs is 4. The summed E-state index contributed by atoms with van der Waals surface area (Å²) in [7, 11) is 0. The van der Waals surface area contributed by atoms with Crippen molar-refractivity contribution in [2.45, 2.75) is 130 Å². The molecule has 1 amide bonds. The second kappa shape index (κ2) is 7.87. The summed E-state index contributed by atoms with van der Waals surface area (Å²) >= 11 is 0. The Balaban J connectivity index is 1.34. The van der Waals surface area contributed by atoms with Gasteiger partial charge in [0.05, 0.1) is 24.4 Å². The average Bonchev–Trinajstić information content (AvgIpc) is 3.45. The lowest BCUT2D eigenvalue weighted by atomic mass is 9.41. The fourth-order valence-corrected chi connectivity index (χ4v) is 12.3. The lowest BCUT2D eigenvalue weighted by molar-refractivity contribution is -0.184. The summed E-state index contributed by atoms with van der Waals surface area (Å²) < 4.78 is 12.4. The molecule has 4 N–H and O–H groups in total. The van der Waals surface area contributed by atoms with Gasteiger partial charge >= 0.3 is 6.09 Å². The van der Waals surface area contributed by atoms with Gasteiger partial charge in [-0.15, -0.1) is 0 Å². The molecule has 4 unspecified atom stereocenters. The Morgan fingerprint density at radius 2 is 1.65 bits per heavy atom. The molecule has 0 bridgehead atoms. The number of rotatable bonds is 3. The van der Waals surface area contributed by atoms with Gasteiger partial charge in [0.2, 0.25) is 0 Å². The molecule has 6 rings (SSSR count). The quantitative estimate of drug-likeness (QED) is 0.473. The van der Waals surface area contributed by atoms with Crippen LogP contribution in [0, 0.1) is 56.7 Å². The highest BCUT2D eigenvalue weighted by Crippen LogP contribution is 2.89. The van der Waals surface area contributed by atoms with E-state index in [9.17, 15) is 15.0 Å². The number of hydrogen-bond acceptors (Lipinski definition) is 5. The standard InChI is InChI=1S/C31H51NO5/c1-16(2)23(37-26(32)35)18-14-17(3)22-24(36-18)25(34)29(7)20-9-8-19-27(4,5)21(33)10-11-30(19)15-31(20,30)13-12-28(22,29)6/h16-25,33-34H,8-15H2,1-7H3,(H2,32,35)/t17-,18?,19?,20?,21+,22+,23-,24?,25+,28-,29-,30-,31+/m1/s1. The summed E-state index contributed by atoms with van der Waals surface area (Å²) in [5.41, 5.74) is 5.84. The van der Waals surface area contributed by atoms with Crippen LogP contribution in [0.3, 0.4) is 0 Å². The van der Waals surface area contributed by atoms with E-state index in [1.807, 2.05) is 13.8 Å². The number of aliphatic hydroxyl groups excluding tert-OH is 2. The number of aliphatic hydroxyl groups is 2. The van der Waals surface area contributed by atoms with Crippen molar-refractivity contribution in [2.75, 3.05) is 0 Å². The zero-order valence-electron chi connectivity index (χ0n) is 24.1. The van der Waals surface area contributed by atoms with Crippen LogP contribution in [-0.4, -0.2) is 46.8 Å². The maximum atomic E-state index is 12.3. The highest BCUT2D eigenvalue weighted by Gasteiger charge is 2.84. The van der Waals surface area contributed by atoms with Gasteiger partial charge in [0, 0.05) is 5.41 Å². The second-order valence-corrected chi connectivity index (χ2v) is 15.7. The Kier molecular flexibility index (Phi) is 5.61. The van der Waals surface area contributed by atoms with Crippen molar-refractivity contribution >= 4 is 6.09 Å². The number of hydrogen-bond donors (Lipinski definition) is 3. The third-order valence-corrected chi connectivity index (χ3v) is 14.1. The molecule has 6 heteroatoms. The third kappa shape index (κ3) is 3.02. The molecule has 37 heavy (non-hydrogen) atoms. The zero-order valence-corrected chi connectivity index (χ0v) is 24.1. The van der Waals surface area contributed by atoms with Gasteiger partial charge in [0.1, 0.15) is 6.10 Å². The molecule has 0 aromatic rings. The van der Waals surface area contributed by atoms with E-state index in [2.05, 4.69) is 34.6 Å². The van der Waals surface area contributed by atoms with Gasteiger partial charge in [0.25, 0.3) is 0 Å². The Hall–Kier alpha value is -0.850. The van der Waals surface area contributed by atoms with Crippen molar-refractivity contribution in [3.8, 4) is 0 Å². The molecule has 0 aromatic heterocycles. The first-order chi connectivity index (χ1) is 17.2. The smallest absolute Gasteiger partial charge is 0.404 e. The Morgan fingerprint density at radius 1 is 1.00 bits per heavy atom. The van der Waals surface area contributed by atoms with E-state index in [4.69, 9.17) is 15.2 Å². The average molecular weight is 518 g/mol. The van der Waals surface area contributed by atoms with Crippen LogP contribution in [0.1, 0.15) is 99.8 Å². The van der Waals surface area contributed by atoms with Crippen LogP contribution in [0.4, 0.5) is 4.79 Å². The van der Waals surface area contributed by atoms with Crippen molar-refractivity contribution in [3.63, 3.8) is 0 Å². The molecule has 0 radical (unpaired) electrons. The summed E-state index contributed by atoms with van der Waals surface area (Å²) in [6, 6.07) is 0. The topological polar surface area (TPSA) is 102 Å². The van der Waals surface area contributed by atoms with E-state index in [1.54, 1.807) is 0 Å². The van der Waals surface area contributed by atoms with Crippen LogP contribution < -0.4 is 5.73 Å². The van der Waals surface area contributed by atoms with Crippen LogP contribution in [-0.2, 0) is 9.47 Å². The summed E-state index contributed by atoms with van der Waals surface area (Å²) in [6.45, 7) is 15.9. The molecular formula is C31H51NO5. The van der Waals surface area contributed by atoms with E-state index >= 15 is 0 Å². The number of nitrogens with two attached hydrogens (primary N) is 1. The van der Waals surface area contributed by atoms with Gasteiger partial charge in [0.15, 0.2) is 0 Å². The van der Waals surface area contributed by atoms with Crippen LogP contribution in [0.15, 0.2) is 0 Å². The molecule has 13 atom stereocenters. The van der Waals surface area contributed by atoms with Crippen LogP contribution >= 0.6 is 0 Å². The molecule has 1 saturated heterocycles. The summed E-state index contributed by atoms with van der Waals surface area (Å²) in [5, 5.41) is 23.2. The number of amides is 1. The van der Waals surface area contributed by atoms with E-state index in [1.165, 1.54) is 12.8 Å². The molecule has 2 spiro atoms. The normalized spacial score (nSPS) is 56.3. The van der Waals surface area contributed by atoms with Gasteiger partial charge in [-0.25, -0.2) is 4.79 Å². The Labute approximate surface area is 223 Å². The fourth-order valence-electron chi connectivity index (χ4n) is 12.3. The SMILES string of the molecule is CC(C)[C@@H](OC(N)=O)C1C[C@@H](C)[C@H]2C(O1)[C@H](O)[C@@]1(C)C3CCC4C(C)(C)[C@@H](O)CC[C@@]45C[C@@]35CC[C@]21C. The van der Waals surface area contributed by atoms with E-state index < -0.39 is 18.3 Å². The number of ether oxygens (including phenoxy) is 2. The lowest BCUT2D eigenvalue weighted by Crippen LogP contribution is -2.59. The molecule has 1 heterocycles. The largest absolute Gasteiger partial charge is 0.443 e. The number of primary amides is 1. The van der Waals surface area contributed by atoms with Crippen molar-refractivity contribution in [1.29, 1.82) is 0 Å². The highest BCUT2D eigenvalue weighted by molar-refractivity contribution is 5.64. The number of carbonyl (C=O) groups is 1. The summed E-state index contributed by atoms with van der Waals surface area (Å²) in [4.78, 5) is 11.7. The van der Waals surface area contributed by atoms with Crippen molar-refractivity contribution in [2.24, 2.45) is 62.4 Å². The first-order valence-electron chi connectivity index (χ1n) is 15.1. The molecular weight excluding hydrogens is 466 g/mol. The van der Waals surface area contributed by atoms with Crippen molar-refractivity contribution in [1.82, 2.24) is 0 Å². The third-order valence-electron chi connectivity index (χ3n) is 14.1. The first-order valence-corrected chi connectivity index (χ1v) is 15.1. The van der Waals surface area contributed by atoms with Gasteiger partial charge in [-0.1, -0.05) is 48.5 Å². The predicted molar refractivity (Wildman–Crippen MR) is 141 cm³/mol. The minimum Gasteiger partial charge on any atom is -0.443 e. The van der Waals surface area contributed by atoms with Gasteiger partial charge in [-0.3, -0.25) is 0 Å². The predicted octanol–water partition coefficient (Wildman–Crippen LogP) is 5.28. The molecule has 6 nitrogen and oxygen atoms in total. The van der Waals surface area contributed by atoms with E-state index in [0.717, 1.165) is 38.5 Å². The van der Waals surface area contributed by atoms with E-state index in [0.29, 0.717) is 34.5 Å². The molecule has 0 aromatic carbocycles. The molecule has 5 saturated carbocycles. The maximum absolute atomic E-state index is 12.3. The minimum atomic E-state index is -0.755. The monoisotopic (exact) mass is 517 g/mol. The number of carbonyl (C=O) groups excluding carboxylic acids is 1. The summed E-state index contributed by atoms with van der Waals surface area (Å²) in [5.74, 6) is 1.80. The Bertz CT molecular complexity index is 967. The fraction of sp³-hybridized carbons (Fsp3) is 0.968. The molecule has 210 valence electrons. The van der Waals surface area contributed by atoms with Gasteiger partial charge in [-0.05, 0) is 103 Å². The van der Waals surface area contributed by atoms with Crippen LogP contribution in [0.2, 0.25) is 0 Å². The van der Waals surface area contributed by atoms with Crippen molar-refractivity contribution < 1.29 is 24.5 Å². The molecule has 6 aliphatic rings. The van der Waals surface area contributed by atoms with Gasteiger partial charge < -0.3 is 25.4 Å². The van der Waals surface area contributed by atoms with Crippen molar-refractivity contribution in [3.05, 3.63) is 0 Å². The Morgan fingerprint density at radius 3 is 2.30 bits per heavy atom. The second-order valence-electron chi connectivity index (χ2n) is 15.7. The van der Waals surface area contributed by atoms with Crippen LogP contribution in [0.25, 0.3) is 0 Å². The van der Waals surface area contributed by atoms with Crippen LogP contribution in [0.5, 0.6) is 0 Å². The maximum Gasteiger partial charge on any atom is 0.404 e. The minimum absolute atomic E-state index is 0.00950. The molecule has 5 aliphatic carbocycles. The van der Waals surface area contributed by atoms with Gasteiger partial charge in [-0.2, -0.15) is 0 Å². The van der Waals surface area contributed by atoms with E-state index in [-0.39, 0.29) is 40.5 Å². The summed E-state index contributed by atoms with van der Waals surface area (Å²) in [6.07, 6.45) is 6.46. The first kappa shape index (κ1) is 26.4. The molecule has 6 fully saturated rings. The zero-order chi connectivity index (χ0) is 26.9.